The van der Waals surface area contributed by atoms with Crippen LogP contribution in [-0.2, 0) is 13.0 Å². The van der Waals surface area contributed by atoms with Crippen LogP contribution >= 0.6 is 11.3 Å². The number of hydrogen-bond acceptors (Lipinski definition) is 3. The largest absolute Gasteiger partial charge is 0.390 e. The van der Waals surface area contributed by atoms with E-state index in [0.717, 1.165) is 4.88 Å². The summed E-state index contributed by atoms with van der Waals surface area (Å²) < 4.78 is 27.1. The smallest absolute Gasteiger partial charge is 0.136 e. The van der Waals surface area contributed by atoms with E-state index < -0.39 is 11.6 Å². The number of aliphatic hydroxyl groups excluding tert-OH is 1. The number of halogens is 2. The lowest BCUT2D eigenvalue weighted by Gasteiger charge is -1.99. The molecule has 17 heavy (non-hydrogen) atoms. The molecule has 0 aliphatic carbocycles. The van der Waals surface area contributed by atoms with Crippen molar-refractivity contribution in [1.82, 2.24) is 4.98 Å². The van der Waals surface area contributed by atoms with E-state index in [1.54, 1.807) is 0 Å². The van der Waals surface area contributed by atoms with E-state index in [9.17, 15) is 8.78 Å². The number of nitrogens with zero attached hydrogens (tertiary/aromatic N) is 1. The molecule has 0 unspecified atom stereocenters. The first-order valence-corrected chi connectivity index (χ1v) is 6.02. The molecule has 0 aliphatic rings. The van der Waals surface area contributed by atoms with Crippen LogP contribution in [0.4, 0.5) is 8.78 Å². The average molecular weight is 255 g/mol. The zero-order valence-corrected chi connectivity index (χ0v) is 10.0. The van der Waals surface area contributed by atoms with Crippen LogP contribution in [0, 0.1) is 11.6 Å². The van der Waals surface area contributed by atoms with E-state index in [1.165, 1.54) is 29.5 Å². The van der Waals surface area contributed by atoms with Crippen molar-refractivity contribution in [3.63, 3.8) is 0 Å². The standard InChI is InChI=1S/C12H11F2NOS/c1-2-10-9(6-16)15-12(17-10)11-7(13)4-3-5-8(11)14/h3-5,16H,2,6H2,1H3. The fraction of sp³-hybridized carbons (Fsp3) is 0.250. The lowest BCUT2D eigenvalue weighted by molar-refractivity contribution is 0.276. The van der Waals surface area contributed by atoms with Gasteiger partial charge < -0.3 is 5.11 Å². The minimum absolute atomic E-state index is 0.119. The number of rotatable bonds is 3. The molecule has 0 saturated heterocycles. The van der Waals surface area contributed by atoms with Crippen LogP contribution in [0.5, 0.6) is 0 Å². The van der Waals surface area contributed by atoms with Gasteiger partial charge in [-0.15, -0.1) is 11.3 Å². The summed E-state index contributed by atoms with van der Waals surface area (Å²) in [5.74, 6) is -1.27. The van der Waals surface area contributed by atoms with Gasteiger partial charge in [-0.1, -0.05) is 13.0 Å². The summed E-state index contributed by atoms with van der Waals surface area (Å²) in [6.07, 6.45) is 0.684. The second-order valence-corrected chi connectivity index (χ2v) is 4.58. The molecule has 0 atom stereocenters. The quantitative estimate of drug-likeness (QED) is 0.914. The van der Waals surface area contributed by atoms with Crippen molar-refractivity contribution in [1.29, 1.82) is 0 Å². The van der Waals surface area contributed by atoms with Crippen molar-refractivity contribution in [3.05, 3.63) is 40.4 Å². The number of aliphatic hydroxyl groups is 1. The van der Waals surface area contributed by atoms with E-state index in [1.807, 2.05) is 6.92 Å². The second-order valence-electron chi connectivity index (χ2n) is 3.50. The van der Waals surface area contributed by atoms with Crippen LogP contribution in [-0.4, -0.2) is 10.1 Å². The first-order chi connectivity index (χ1) is 8.17. The Balaban J connectivity index is 2.57. The van der Waals surface area contributed by atoms with Crippen molar-refractivity contribution in [2.24, 2.45) is 0 Å². The molecule has 0 fully saturated rings. The van der Waals surface area contributed by atoms with Crippen molar-refractivity contribution >= 4 is 11.3 Å². The lowest BCUT2D eigenvalue weighted by atomic mass is 10.2. The van der Waals surface area contributed by atoms with Crippen LogP contribution in [0.3, 0.4) is 0 Å². The zero-order valence-electron chi connectivity index (χ0n) is 9.20. The molecule has 5 heteroatoms. The van der Waals surface area contributed by atoms with Gasteiger partial charge in [0.2, 0.25) is 0 Å². The number of thiazole rings is 1. The van der Waals surface area contributed by atoms with Gasteiger partial charge in [0.15, 0.2) is 0 Å². The highest BCUT2D eigenvalue weighted by Gasteiger charge is 2.17. The molecule has 0 amide bonds. The van der Waals surface area contributed by atoms with Crippen molar-refractivity contribution < 1.29 is 13.9 Å². The maximum Gasteiger partial charge on any atom is 0.136 e. The summed E-state index contributed by atoms with van der Waals surface area (Å²) in [5, 5.41) is 9.38. The molecule has 2 rings (SSSR count). The predicted octanol–water partition coefficient (Wildman–Crippen LogP) is 3.14. The summed E-state index contributed by atoms with van der Waals surface area (Å²) in [6, 6.07) is 3.71. The molecular weight excluding hydrogens is 244 g/mol. The summed E-state index contributed by atoms with van der Waals surface area (Å²) in [4.78, 5) is 4.93. The molecule has 0 spiro atoms. The number of hydrogen-bond donors (Lipinski definition) is 1. The summed E-state index contributed by atoms with van der Waals surface area (Å²) in [7, 11) is 0. The topological polar surface area (TPSA) is 33.1 Å². The molecule has 1 aromatic carbocycles. The third kappa shape index (κ3) is 2.21. The van der Waals surface area contributed by atoms with Gasteiger partial charge >= 0.3 is 0 Å². The average Bonchev–Trinajstić information content (AvgIpc) is 2.72. The minimum atomic E-state index is -0.633. The van der Waals surface area contributed by atoms with E-state index in [4.69, 9.17) is 5.11 Å². The molecule has 0 saturated carbocycles. The highest BCUT2D eigenvalue weighted by atomic mass is 32.1. The van der Waals surface area contributed by atoms with Crippen LogP contribution in [0.15, 0.2) is 18.2 Å². The second kappa shape index (κ2) is 4.89. The van der Waals surface area contributed by atoms with Gasteiger partial charge in [-0.25, -0.2) is 13.8 Å². The van der Waals surface area contributed by atoms with Gasteiger partial charge in [-0.2, -0.15) is 0 Å². The Bertz CT molecular complexity index is 498. The van der Waals surface area contributed by atoms with Crippen LogP contribution < -0.4 is 0 Å². The minimum Gasteiger partial charge on any atom is -0.390 e. The van der Waals surface area contributed by atoms with E-state index in [2.05, 4.69) is 4.98 Å². The highest BCUT2D eigenvalue weighted by molar-refractivity contribution is 7.15. The Kier molecular flexibility index (Phi) is 3.49. The Labute approximate surface area is 102 Å². The summed E-state index contributed by atoms with van der Waals surface area (Å²) in [6.45, 7) is 1.70. The first-order valence-electron chi connectivity index (χ1n) is 5.21. The molecule has 1 aromatic heterocycles. The van der Waals surface area contributed by atoms with Gasteiger partial charge in [0, 0.05) is 4.88 Å². The van der Waals surface area contributed by atoms with E-state index >= 15 is 0 Å². The SMILES string of the molecule is CCc1sc(-c2c(F)cccc2F)nc1CO. The highest BCUT2D eigenvalue weighted by Crippen LogP contribution is 2.32. The molecule has 0 aliphatic heterocycles. The monoisotopic (exact) mass is 255 g/mol. The molecule has 0 bridgehead atoms. The third-order valence-corrected chi connectivity index (χ3v) is 3.69. The Morgan fingerprint density at radius 3 is 2.41 bits per heavy atom. The zero-order chi connectivity index (χ0) is 12.4. The Hall–Kier alpha value is -1.33. The number of benzene rings is 1. The molecule has 2 nitrogen and oxygen atoms in total. The summed E-state index contributed by atoms with van der Waals surface area (Å²) >= 11 is 1.21. The number of aromatic nitrogens is 1. The van der Waals surface area contributed by atoms with Gasteiger partial charge in [0.05, 0.1) is 17.9 Å². The fourth-order valence-electron chi connectivity index (χ4n) is 1.59. The number of aryl methyl sites for hydroxylation is 1. The van der Waals surface area contributed by atoms with Crippen LogP contribution in [0.25, 0.3) is 10.6 Å². The van der Waals surface area contributed by atoms with E-state index in [0.29, 0.717) is 12.1 Å². The van der Waals surface area contributed by atoms with E-state index in [-0.39, 0.29) is 17.2 Å². The van der Waals surface area contributed by atoms with Crippen molar-refractivity contribution in [3.8, 4) is 10.6 Å². The van der Waals surface area contributed by atoms with Gasteiger partial charge in [-0.3, -0.25) is 0 Å². The fourth-order valence-corrected chi connectivity index (χ4v) is 2.65. The third-order valence-electron chi connectivity index (χ3n) is 2.43. The van der Waals surface area contributed by atoms with Crippen molar-refractivity contribution in [2.75, 3.05) is 0 Å². The first kappa shape index (κ1) is 12.1. The van der Waals surface area contributed by atoms with Crippen molar-refractivity contribution in [2.45, 2.75) is 20.0 Å². The normalized spacial score (nSPS) is 10.8. The maximum absolute atomic E-state index is 13.5. The molecule has 0 radical (unpaired) electrons. The molecule has 1 N–H and O–H groups in total. The Morgan fingerprint density at radius 2 is 1.94 bits per heavy atom. The lowest BCUT2D eigenvalue weighted by Crippen LogP contribution is -1.91. The van der Waals surface area contributed by atoms with Gasteiger partial charge in [0.25, 0.3) is 0 Å². The van der Waals surface area contributed by atoms with Crippen LogP contribution in [0.1, 0.15) is 17.5 Å². The Morgan fingerprint density at radius 1 is 1.29 bits per heavy atom. The van der Waals surface area contributed by atoms with Gasteiger partial charge in [-0.05, 0) is 18.6 Å². The van der Waals surface area contributed by atoms with Crippen LogP contribution in [0.2, 0.25) is 0 Å². The predicted molar refractivity (Wildman–Crippen MR) is 62.8 cm³/mol. The molecular formula is C12H11F2NOS. The summed E-state index contributed by atoms with van der Waals surface area (Å²) in [5.41, 5.74) is 0.377. The molecule has 90 valence electrons. The molecule has 1 heterocycles. The van der Waals surface area contributed by atoms with Gasteiger partial charge in [0.1, 0.15) is 16.6 Å². The molecule has 2 aromatic rings. The maximum atomic E-state index is 13.5.